The van der Waals surface area contributed by atoms with Crippen LogP contribution in [0.4, 0.5) is 10.8 Å². The molecule has 2 aromatic rings. The predicted octanol–water partition coefficient (Wildman–Crippen LogP) is 2.10. The standard InChI is InChI=1S/C16H19N3O5/c1-23-14(20)9-10-2-3-13-12(8-10)18-15(24-13)17-11-4-6-19(7-5-11)16(21)22/h2-3,8,11H,4-7,9H2,1H3,(H,17,18)(H,21,22). The quantitative estimate of drug-likeness (QED) is 0.825. The van der Waals surface area contributed by atoms with Gasteiger partial charge in [-0.3, -0.25) is 4.79 Å². The molecule has 0 spiro atoms. The van der Waals surface area contributed by atoms with Crippen LogP contribution in [0.1, 0.15) is 18.4 Å². The summed E-state index contributed by atoms with van der Waals surface area (Å²) in [5.74, 6) is -0.304. The molecule has 1 amide bonds. The van der Waals surface area contributed by atoms with Crippen molar-refractivity contribution < 1.29 is 23.8 Å². The third kappa shape index (κ3) is 3.58. The fourth-order valence-electron chi connectivity index (χ4n) is 2.77. The summed E-state index contributed by atoms with van der Waals surface area (Å²) in [6.07, 6.45) is 0.723. The number of piperidine rings is 1. The highest BCUT2D eigenvalue weighted by atomic mass is 16.5. The van der Waals surface area contributed by atoms with Crippen molar-refractivity contribution in [3.8, 4) is 0 Å². The van der Waals surface area contributed by atoms with Gasteiger partial charge in [-0.2, -0.15) is 4.98 Å². The molecular weight excluding hydrogens is 314 g/mol. The molecule has 0 unspecified atom stereocenters. The van der Waals surface area contributed by atoms with Crippen LogP contribution in [0, 0.1) is 0 Å². The van der Waals surface area contributed by atoms with Crippen molar-refractivity contribution in [1.29, 1.82) is 0 Å². The van der Waals surface area contributed by atoms with Crippen LogP contribution in [-0.4, -0.2) is 53.3 Å². The van der Waals surface area contributed by atoms with E-state index in [4.69, 9.17) is 9.52 Å². The third-order valence-corrected chi connectivity index (χ3v) is 4.12. The van der Waals surface area contributed by atoms with Crippen LogP contribution in [0.15, 0.2) is 22.6 Å². The number of methoxy groups -OCH3 is 1. The summed E-state index contributed by atoms with van der Waals surface area (Å²) in [6.45, 7) is 0.993. The van der Waals surface area contributed by atoms with E-state index in [0.717, 1.165) is 5.56 Å². The minimum Gasteiger partial charge on any atom is -0.469 e. The lowest BCUT2D eigenvalue weighted by atomic mass is 10.1. The lowest BCUT2D eigenvalue weighted by Crippen LogP contribution is -2.41. The molecule has 128 valence electrons. The molecular formula is C16H19N3O5. The van der Waals surface area contributed by atoms with E-state index < -0.39 is 6.09 Å². The normalized spacial score (nSPS) is 15.5. The first-order valence-corrected chi connectivity index (χ1v) is 7.76. The number of ether oxygens (including phenoxy) is 1. The summed E-state index contributed by atoms with van der Waals surface area (Å²) in [5, 5.41) is 12.2. The SMILES string of the molecule is COC(=O)Cc1ccc2oc(NC3CCN(C(=O)O)CC3)nc2c1. The number of aromatic nitrogens is 1. The Kier molecular flexibility index (Phi) is 4.54. The number of oxazole rings is 1. The minimum atomic E-state index is -0.881. The van der Waals surface area contributed by atoms with Gasteiger partial charge in [-0.1, -0.05) is 6.07 Å². The highest BCUT2D eigenvalue weighted by molar-refractivity contribution is 5.78. The first-order chi connectivity index (χ1) is 11.5. The maximum atomic E-state index is 11.3. The summed E-state index contributed by atoms with van der Waals surface area (Å²) in [4.78, 5) is 28.0. The molecule has 0 atom stereocenters. The number of fused-ring (bicyclic) bond motifs is 1. The van der Waals surface area contributed by atoms with E-state index in [1.807, 2.05) is 0 Å². The number of likely N-dealkylation sites (tertiary alicyclic amines) is 1. The van der Waals surface area contributed by atoms with Crippen molar-refractivity contribution in [1.82, 2.24) is 9.88 Å². The molecule has 0 bridgehead atoms. The van der Waals surface area contributed by atoms with Crippen molar-refractivity contribution in [2.45, 2.75) is 25.3 Å². The smallest absolute Gasteiger partial charge is 0.407 e. The van der Waals surface area contributed by atoms with Gasteiger partial charge in [0.05, 0.1) is 13.5 Å². The zero-order chi connectivity index (χ0) is 17.1. The lowest BCUT2D eigenvalue weighted by Gasteiger charge is -2.29. The van der Waals surface area contributed by atoms with Crippen LogP contribution < -0.4 is 5.32 Å². The molecule has 2 heterocycles. The summed E-state index contributed by atoms with van der Waals surface area (Å²) in [7, 11) is 1.36. The van der Waals surface area contributed by atoms with Gasteiger partial charge in [0.1, 0.15) is 5.52 Å². The number of esters is 1. The molecule has 24 heavy (non-hydrogen) atoms. The summed E-state index contributed by atoms with van der Waals surface area (Å²) in [5.41, 5.74) is 2.11. The fourth-order valence-corrected chi connectivity index (χ4v) is 2.77. The molecule has 0 aliphatic carbocycles. The van der Waals surface area contributed by atoms with E-state index in [9.17, 15) is 9.59 Å². The first kappa shape index (κ1) is 16.1. The minimum absolute atomic E-state index is 0.128. The Morgan fingerprint density at radius 2 is 2.17 bits per heavy atom. The van der Waals surface area contributed by atoms with Crippen LogP contribution in [0.5, 0.6) is 0 Å². The van der Waals surface area contributed by atoms with E-state index in [0.29, 0.717) is 43.0 Å². The number of nitrogens with one attached hydrogen (secondary N) is 1. The number of benzene rings is 1. The molecule has 0 radical (unpaired) electrons. The molecule has 8 nitrogen and oxygen atoms in total. The summed E-state index contributed by atoms with van der Waals surface area (Å²) >= 11 is 0. The van der Waals surface area contributed by atoms with Crippen LogP contribution in [0.3, 0.4) is 0 Å². The van der Waals surface area contributed by atoms with Gasteiger partial charge < -0.3 is 24.5 Å². The number of carbonyl (C=O) groups is 2. The van der Waals surface area contributed by atoms with Crippen molar-refractivity contribution >= 4 is 29.2 Å². The van der Waals surface area contributed by atoms with Gasteiger partial charge in [-0.25, -0.2) is 4.79 Å². The van der Waals surface area contributed by atoms with Gasteiger partial charge in [0.2, 0.25) is 0 Å². The Bertz CT molecular complexity index is 749. The number of hydrogen-bond donors (Lipinski definition) is 2. The monoisotopic (exact) mass is 333 g/mol. The van der Waals surface area contributed by atoms with Crippen molar-refractivity contribution in [3.05, 3.63) is 23.8 Å². The van der Waals surface area contributed by atoms with Gasteiger partial charge in [0, 0.05) is 19.1 Å². The van der Waals surface area contributed by atoms with Gasteiger partial charge in [0.25, 0.3) is 6.01 Å². The average Bonchev–Trinajstić information content (AvgIpc) is 2.96. The molecule has 1 aliphatic rings. The summed E-state index contributed by atoms with van der Waals surface area (Å²) < 4.78 is 10.3. The Hall–Kier alpha value is -2.77. The second-order valence-electron chi connectivity index (χ2n) is 5.76. The van der Waals surface area contributed by atoms with E-state index in [1.54, 1.807) is 18.2 Å². The second-order valence-corrected chi connectivity index (χ2v) is 5.76. The number of anilines is 1. The molecule has 1 aliphatic heterocycles. The topological polar surface area (TPSA) is 105 Å². The van der Waals surface area contributed by atoms with Crippen LogP contribution >= 0.6 is 0 Å². The number of rotatable bonds is 4. The zero-order valence-electron chi connectivity index (χ0n) is 13.3. The van der Waals surface area contributed by atoms with Gasteiger partial charge in [-0.05, 0) is 30.5 Å². The van der Waals surface area contributed by atoms with E-state index >= 15 is 0 Å². The Morgan fingerprint density at radius 1 is 1.42 bits per heavy atom. The van der Waals surface area contributed by atoms with Crippen molar-refractivity contribution in [2.75, 3.05) is 25.5 Å². The maximum Gasteiger partial charge on any atom is 0.407 e. The van der Waals surface area contributed by atoms with Gasteiger partial charge in [-0.15, -0.1) is 0 Å². The molecule has 1 aromatic heterocycles. The molecule has 0 saturated carbocycles. The lowest BCUT2D eigenvalue weighted by molar-refractivity contribution is -0.139. The Balaban J connectivity index is 1.65. The molecule has 3 rings (SSSR count). The highest BCUT2D eigenvalue weighted by Gasteiger charge is 2.23. The van der Waals surface area contributed by atoms with Crippen LogP contribution in [-0.2, 0) is 16.0 Å². The van der Waals surface area contributed by atoms with Gasteiger partial charge >= 0.3 is 12.1 Å². The molecule has 8 heteroatoms. The Morgan fingerprint density at radius 3 is 2.83 bits per heavy atom. The van der Waals surface area contributed by atoms with Crippen LogP contribution in [0.25, 0.3) is 11.1 Å². The van der Waals surface area contributed by atoms with Crippen molar-refractivity contribution in [2.24, 2.45) is 0 Å². The third-order valence-electron chi connectivity index (χ3n) is 4.12. The Labute approximate surface area is 138 Å². The van der Waals surface area contributed by atoms with Gasteiger partial charge in [0.15, 0.2) is 5.58 Å². The van der Waals surface area contributed by atoms with Crippen molar-refractivity contribution in [3.63, 3.8) is 0 Å². The molecule has 1 saturated heterocycles. The molecule has 1 fully saturated rings. The first-order valence-electron chi connectivity index (χ1n) is 7.76. The number of amides is 1. The number of carboxylic acid groups (broad SMARTS) is 1. The fraction of sp³-hybridized carbons (Fsp3) is 0.438. The number of carbonyl (C=O) groups excluding carboxylic acids is 1. The van der Waals surface area contributed by atoms with E-state index in [2.05, 4.69) is 15.0 Å². The number of nitrogens with zero attached hydrogens (tertiary/aromatic N) is 2. The second kappa shape index (κ2) is 6.77. The molecule has 1 aromatic carbocycles. The number of hydrogen-bond acceptors (Lipinski definition) is 6. The highest BCUT2D eigenvalue weighted by Crippen LogP contribution is 2.23. The maximum absolute atomic E-state index is 11.3. The van der Waals surface area contributed by atoms with E-state index in [-0.39, 0.29) is 18.4 Å². The molecule has 2 N–H and O–H groups in total. The van der Waals surface area contributed by atoms with Crippen LogP contribution in [0.2, 0.25) is 0 Å². The average molecular weight is 333 g/mol. The predicted molar refractivity (Wildman–Crippen MR) is 86.0 cm³/mol. The van der Waals surface area contributed by atoms with E-state index in [1.165, 1.54) is 12.0 Å². The largest absolute Gasteiger partial charge is 0.469 e. The summed E-state index contributed by atoms with van der Waals surface area (Å²) in [6, 6.07) is 5.92. The zero-order valence-corrected chi connectivity index (χ0v) is 13.3.